The Balaban J connectivity index is -0.000000781. The summed E-state index contributed by atoms with van der Waals surface area (Å²) < 4.78 is 38.2. The Hall–Kier alpha value is -3.52. The van der Waals surface area contributed by atoms with Crippen LogP contribution in [0.1, 0.15) is 52.6 Å². The molecule has 234 valence electrons. The molecule has 42 heavy (non-hydrogen) atoms. The van der Waals surface area contributed by atoms with E-state index in [-0.39, 0.29) is 33.4 Å². The molecule has 0 fully saturated rings. The number of hydrogen-bond acceptors (Lipinski definition) is 8. The largest absolute Gasteiger partial charge is 0.478 e. The molecule has 0 aromatic heterocycles. The molecule has 0 unspecified atom stereocenters. The molecule has 0 bridgehead atoms. The van der Waals surface area contributed by atoms with Crippen LogP contribution in [0.5, 0.6) is 0 Å². The Kier molecular flexibility index (Phi) is 23.6. The highest BCUT2D eigenvalue weighted by molar-refractivity contribution is 7.84. The van der Waals surface area contributed by atoms with Crippen molar-refractivity contribution in [2.75, 3.05) is 50.0 Å². The van der Waals surface area contributed by atoms with E-state index in [1.54, 1.807) is 50.0 Å². The average molecular weight is 667 g/mol. The van der Waals surface area contributed by atoms with E-state index in [1.165, 1.54) is 0 Å². The highest BCUT2D eigenvalue weighted by Crippen LogP contribution is 2.13. The molecule has 0 aliphatic heterocycles. The summed E-state index contributed by atoms with van der Waals surface area (Å²) >= 11 is 0. The Morgan fingerprint density at radius 2 is 0.571 bits per heavy atom. The molecule has 2 rings (SSSR count). The fourth-order valence-electron chi connectivity index (χ4n) is 2.04. The summed E-state index contributed by atoms with van der Waals surface area (Å²) in [5.41, 5.74) is -0.973. The maximum Gasteiger partial charge on any atom is 0.335 e. The van der Waals surface area contributed by atoms with Crippen molar-refractivity contribution in [1.82, 2.24) is 0 Å². The van der Waals surface area contributed by atoms with Crippen LogP contribution in [0.2, 0.25) is 0 Å². The molecule has 0 saturated carbocycles. The van der Waals surface area contributed by atoms with Gasteiger partial charge in [-0.3, -0.25) is 16.8 Å². The molecule has 0 aliphatic rings. The maximum atomic E-state index is 11.1. The molecular weight excluding hydrogens is 633 g/mol. The van der Waals surface area contributed by atoms with E-state index < -0.39 is 67.1 Å². The Labute approximate surface area is 254 Å². The van der Waals surface area contributed by atoms with E-state index in [0.29, 0.717) is 0 Å². The molecule has 0 atom stereocenters. The fourth-order valence-corrected chi connectivity index (χ4v) is 2.04. The second kappa shape index (κ2) is 23.1. The first kappa shape index (κ1) is 42.9. The van der Waals surface area contributed by atoms with Crippen molar-refractivity contribution in [1.29, 1.82) is 0 Å². The Morgan fingerprint density at radius 3 is 0.690 bits per heavy atom. The molecule has 0 spiro atoms. The van der Waals surface area contributed by atoms with Gasteiger partial charge in [-0.05, 0) is 36.4 Å². The first-order valence-corrected chi connectivity index (χ1v) is 18.7. The first-order valence-electron chi connectivity index (χ1n) is 10.9. The van der Waals surface area contributed by atoms with Crippen LogP contribution >= 0.6 is 0 Å². The lowest BCUT2D eigenvalue weighted by Gasteiger charge is -2.01. The summed E-state index contributed by atoms with van der Waals surface area (Å²) in [6, 6.07) is 6.57. The molecular formula is C26H34O12S4. The molecule has 2 aromatic carbocycles. The lowest BCUT2D eigenvalue weighted by molar-refractivity contribution is 0.0676. The van der Waals surface area contributed by atoms with Crippen molar-refractivity contribution in [3.63, 3.8) is 0 Å². The van der Waals surface area contributed by atoms with Gasteiger partial charge in [0, 0.05) is 104 Å². The van der Waals surface area contributed by atoms with E-state index in [2.05, 4.69) is 11.8 Å². The third-order valence-electron chi connectivity index (χ3n) is 3.21. The van der Waals surface area contributed by atoms with Gasteiger partial charge in [-0.15, -0.1) is 0 Å². The van der Waals surface area contributed by atoms with Crippen molar-refractivity contribution < 1.29 is 56.4 Å². The van der Waals surface area contributed by atoms with E-state index >= 15 is 0 Å². The number of hydrogen-bond donors (Lipinski definition) is 4. The van der Waals surface area contributed by atoms with E-state index in [0.717, 1.165) is 36.4 Å². The van der Waals surface area contributed by atoms with Gasteiger partial charge in [-0.25, -0.2) is 19.2 Å². The molecule has 0 saturated heterocycles. The second-order valence-corrected chi connectivity index (χ2v) is 14.0. The predicted octanol–water partition coefficient (Wildman–Crippen LogP) is 1.86. The third kappa shape index (κ3) is 26.7. The highest BCUT2D eigenvalue weighted by atomic mass is 32.2. The SMILES string of the molecule is CS(C)=O.CS(C)=O.CS(C)=O.CS(C)=O.O=C(O)c1cc(C#Cc2cc(C(=O)O)cc(C(=O)O)c2)cc(C(=O)O)c1. The minimum Gasteiger partial charge on any atom is -0.478 e. The molecule has 12 nitrogen and oxygen atoms in total. The lowest BCUT2D eigenvalue weighted by atomic mass is 10.0. The number of benzene rings is 2. The molecule has 0 amide bonds. The molecule has 2 aromatic rings. The zero-order valence-corrected chi connectivity index (χ0v) is 27.4. The molecule has 16 heteroatoms. The summed E-state index contributed by atoms with van der Waals surface area (Å²) in [5.74, 6) is -0.301. The molecule has 0 radical (unpaired) electrons. The van der Waals surface area contributed by atoms with Crippen LogP contribution in [0.3, 0.4) is 0 Å². The lowest BCUT2D eigenvalue weighted by Crippen LogP contribution is -2.03. The fraction of sp³-hybridized carbons (Fsp3) is 0.308. The van der Waals surface area contributed by atoms with Crippen molar-refractivity contribution in [2.45, 2.75) is 0 Å². The van der Waals surface area contributed by atoms with Crippen LogP contribution < -0.4 is 0 Å². The van der Waals surface area contributed by atoms with Gasteiger partial charge in [-0.2, -0.15) is 0 Å². The normalized spacial score (nSPS) is 9.33. The van der Waals surface area contributed by atoms with Crippen molar-refractivity contribution in [3.05, 3.63) is 69.8 Å². The minimum absolute atomic E-state index is 0.0694. The van der Waals surface area contributed by atoms with Gasteiger partial charge in [0.2, 0.25) is 0 Å². The first-order chi connectivity index (χ1) is 19.1. The van der Waals surface area contributed by atoms with Crippen molar-refractivity contribution in [3.8, 4) is 11.8 Å². The Morgan fingerprint density at radius 1 is 0.429 bits per heavy atom. The summed E-state index contributed by atoms with van der Waals surface area (Å²) in [4.78, 5) is 44.3. The number of carbonyl (C=O) groups is 4. The van der Waals surface area contributed by atoms with Crippen LogP contribution in [0.15, 0.2) is 36.4 Å². The van der Waals surface area contributed by atoms with Gasteiger partial charge in [-0.1, -0.05) is 11.8 Å². The topological polar surface area (TPSA) is 217 Å². The van der Waals surface area contributed by atoms with Crippen LogP contribution in [-0.2, 0) is 43.2 Å². The standard InChI is InChI=1S/C18H10O8.4C2H6OS/c19-15(20)11-3-9(4-12(7-11)16(21)22)1-2-10-5-13(17(23)24)8-14(6-10)18(25)26;4*1-4(2)3/h3-8H,(H,19,20)(H,21,22)(H,23,24)(H,25,26);4*1-2H3. The summed E-state index contributed by atoms with van der Waals surface area (Å²) in [7, 11) is -2.44. The average Bonchev–Trinajstić information content (AvgIpc) is 2.80. The zero-order chi connectivity index (χ0) is 33.7. The van der Waals surface area contributed by atoms with E-state index in [1.807, 2.05) is 0 Å². The predicted molar refractivity (Wildman–Crippen MR) is 167 cm³/mol. The van der Waals surface area contributed by atoms with Crippen molar-refractivity contribution in [2.24, 2.45) is 0 Å². The van der Waals surface area contributed by atoms with Gasteiger partial charge in [0.05, 0.1) is 22.3 Å². The van der Waals surface area contributed by atoms with Crippen LogP contribution in [0.4, 0.5) is 0 Å². The van der Waals surface area contributed by atoms with Crippen LogP contribution in [0.25, 0.3) is 0 Å². The van der Waals surface area contributed by atoms with Gasteiger partial charge in [0.25, 0.3) is 0 Å². The highest BCUT2D eigenvalue weighted by Gasteiger charge is 2.12. The number of carboxylic acids is 4. The van der Waals surface area contributed by atoms with Gasteiger partial charge in [0.1, 0.15) is 0 Å². The maximum absolute atomic E-state index is 11.1. The number of rotatable bonds is 4. The van der Waals surface area contributed by atoms with Gasteiger partial charge in [0.15, 0.2) is 0 Å². The summed E-state index contributed by atoms with van der Waals surface area (Å²) in [5, 5.41) is 36.1. The number of carboxylic acid groups (broad SMARTS) is 4. The smallest absolute Gasteiger partial charge is 0.335 e. The Bertz CT molecular complexity index is 1200. The second-order valence-electron chi connectivity index (χ2n) is 8.04. The van der Waals surface area contributed by atoms with Crippen molar-refractivity contribution >= 4 is 67.1 Å². The van der Waals surface area contributed by atoms with Crippen LogP contribution in [0, 0.1) is 11.8 Å². The van der Waals surface area contributed by atoms with Gasteiger partial charge >= 0.3 is 23.9 Å². The third-order valence-corrected chi connectivity index (χ3v) is 3.21. The molecule has 0 aliphatic carbocycles. The monoisotopic (exact) mass is 666 g/mol. The summed E-state index contributed by atoms with van der Waals surface area (Å²) in [6.45, 7) is 0. The molecule has 4 N–H and O–H groups in total. The van der Waals surface area contributed by atoms with E-state index in [4.69, 9.17) is 20.4 Å². The van der Waals surface area contributed by atoms with Crippen LogP contribution in [-0.4, -0.2) is 111 Å². The molecule has 0 heterocycles. The quantitative estimate of drug-likeness (QED) is 0.344. The summed E-state index contributed by atoms with van der Waals surface area (Å²) in [6.07, 6.45) is 13.1. The van der Waals surface area contributed by atoms with Gasteiger partial charge < -0.3 is 20.4 Å². The minimum atomic E-state index is -1.34. The zero-order valence-electron chi connectivity index (χ0n) is 24.2. The van der Waals surface area contributed by atoms with E-state index in [9.17, 15) is 36.0 Å². The number of aromatic carboxylic acids is 4.